The van der Waals surface area contributed by atoms with E-state index in [1.807, 2.05) is 0 Å². The molecule has 120 valence electrons. The maximum absolute atomic E-state index is 13.2. The molecule has 1 atom stereocenters. The van der Waals surface area contributed by atoms with E-state index in [9.17, 15) is 9.18 Å². The first-order chi connectivity index (χ1) is 10.8. The molecule has 0 aliphatic heterocycles. The number of nitrogens with one attached hydrogen (secondary N) is 1. The smallest absolute Gasteiger partial charge is 0.275 e. The molecular formula is C16H17FN4OS. The second-order valence-corrected chi connectivity index (χ2v) is 7.34. The predicted octanol–water partition coefficient (Wildman–Crippen LogP) is 3.49. The van der Waals surface area contributed by atoms with E-state index < -0.39 is 0 Å². The number of anilines is 1. The van der Waals surface area contributed by atoms with E-state index in [0.717, 1.165) is 5.56 Å². The Morgan fingerprint density at radius 1 is 1.22 bits per heavy atom. The number of aromatic nitrogens is 3. The lowest BCUT2D eigenvalue weighted by Crippen LogP contribution is -2.26. The van der Waals surface area contributed by atoms with Crippen LogP contribution in [-0.2, 0) is 0 Å². The maximum Gasteiger partial charge on any atom is 0.275 e. The van der Waals surface area contributed by atoms with Crippen LogP contribution in [0, 0.1) is 11.2 Å². The van der Waals surface area contributed by atoms with Crippen LogP contribution in [0.1, 0.15) is 32.4 Å². The third-order valence-electron chi connectivity index (χ3n) is 3.51. The van der Waals surface area contributed by atoms with Crippen molar-refractivity contribution in [3.63, 3.8) is 0 Å². The van der Waals surface area contributed by atoms with Crippen molar-refractivity contribution in [2.75, 3.05) is 5.32 Å². The summed E-state index contributed by atoms with van der Waals surface area (Å²) in [4.78, 5) is 16.5. The lowest BCUT2D eigenvalue weighted by Gasteiger charge is -2.31. The first-order valence-corrected chi connectivity index (χ1v) is 8.03. The largest absolute Gasteiger partial charge is 0.353 e. The number of fused-ring (bicyclic) bond motifs is 1. The van der Waals surface area contributed by atoms with E-state index in [2.05, 4.69) is 36.2 Å². The minimum atomic E-state index is -0.267. The molecule has 2 aromatic heterocycles. The summed E-state index contributed by atoms with van der Waals surface area (Å²) in [6.07, 6.45) is 1.47. The number of halogens is 1. The summed E-state index contributed by atoms with van der Waals surface area (Å²) in [6, 6.07) is 7.70. The quantitative estimate of drug-likeness (QED) is 0.797. The Labute approximate surface area is 136 Å². The van der Waals surface area contributed by atoms with Gasteiger partial charge in [0.05, 0.1) is 6.04 Å². The zero-order valence-electron chi connectivity index (χ0n) is 13.1. The van der Waals surface area contributed by atoms with Crippen LogP contribution >= 0.6 is 11.3 Å². The van der Waals surface area contributed by atoms with Gasteiger partial charge in [0.25, 0.3) is 5.56 Å². The number of hydrogen-bond donors (Lipinski definition) is 1. The average Bonchev–Trinajstić information content (AvgIpc) is 2.89. The Balaban J connectivity index is 1.99. The van der Waals surface area contributed by atoms with Crippen LogP contribution < -0.4 is 10.9 Å². The number of nitrogens with zero attached hydrogens (tertiary/aromatic N) is 3. The molecule has 3 rings (SSSR count). The van der Waals surface area contributed by atoms with Crippen LogP contribution in [0.25, 0.3) is 4.96 Å². The van der Waals surface area contributed by atoms with Gasteiger partial charge in [0.15, 0.2) is 0 Å². The van der Waals surface area contributed by atoms with Crippen molar-refractivity contribution in [1.29, 1.82) is 0 Å². The fourth-order valence-electron chi connectivity index (χ4n) is 2.38. The highest BCUT2D eigenvalue weighted by atomic mass is 32.1. The average molecular weight is 332 g/mol. The van der Waals surface area contributed by atoms with E-state index in [0.29, 0.717) is 10.1 Å². The molecule has 1 aromatic carbocycles. The second-order valence-electron chi connectivity index (χ2n) is 6.38. The first kappa shape index (κ1) is 15.6. The highest BCUT2D eigenvalue weighted by Crippen LogP contribution is 2.36. The molecule has 0 bridgehead atoms. The van der Waals surface area contributed by atoms with Crippen LogP contribution in [0.4, 0.5) is 9.52 Å². The normalized spacial score (nSPS) is 13.2. The summed E-state index contributed by atoms with van der Waals surface area (Å²) in [6.45, 7) is 6.27. The summed E-state index contributed by atoms with van der Waals surface area (Å²) in [5.74, 6) is -0.267. The number of hydrogen-bond acceptors (Lipinski definition) is 5. The zero-order valence-corrected chi connectivity index (χ0v) is 13.9. The van der Waals surface area contributed by atoms with E-state index >= 15 is 0 Å². The minimum Gasteiger partial charge on any atom is -0.353 e. The Morgan fingerprint density at radius 2 is 1.91 bits per heavy atom. The van der Waals surface area contributed by atoms with Crippen LogP contribution in [0.3, 0.4) is 0 Å². The van der Waals surface area contributed by atoms with Crippen molar-refractivity contribution in [3.05, 3.63) is 58.3 Å². The molecule has 3 aromatic rings. The SMILES string of the molecule is CC(C)(C)C(Nc1nn2c(=O)ccnc2s1)c1ccc(F)cc1. The summed E-state index contributed by atoms with van der Waals surface area (Å²) in [5.41, 5.74) is 0.612. The van der Waals surface area contributed by atoms with Crippen molar-refractivity contribution >= 4 is 21.4 Å². The van der Waals surface area contributed by atoms with E-state index in [1.165, 1.54) is 40.2 Å². The predicted molar refractivity (Wildman–Crippen MR) is 89.4 cm³/mol. The van der Waals surface area contributed by atoms with Crippen LogP contribution in [0.2, 0.25) is 0 Å². The van der Waals surface area contributed by atoms with Crippen molar-refractivity contribution in [1.82, 2.24) is 14.6 Å². The van der Waals surface area contributed by atoms with E-state index in [4.69, 9.17) is 0 Å². The molecule has 1 N–H and O–H groups in total. The van der Waals surface area contributed by atoms with Gasteiger partial charge in [-0.3, -0.25) is 4.79 Å². The summed E-state index contributed by atoms with van der Waals surface area (Å²) < 4.78 is 14.5. The van der Waals surface area contributed by atoms with Gasteiger partial charge in [0.2, 0.25) is 10.1 Å². The monoisotopic (exact) mass is 332 g/mol. The molecule has 0 aliphatic rings. The van der Waals surface area contributed by atoms with Crippen molar-refractivity contribution in [2.45, 2.75) is 26.8 Å². The highest BCUT2D eigenvalue weighted by molar-refractivity contribution is 7.20. The van der Waals surface area contributed by atoms with Gasteiger partial charge in [-0.15, -0.1) is 5.10 Å². The topological polar surface area (TPSA) is 59.3 Å². The van der Waals surface area contributed by atoms with Gasteiger partial charge in [0.1, 0.15) is 5.82 Å². The molecule has 0 amide bonds. The Morgan fingerprint density at radius 3 is 2.52 bits per heavy atom. The molecule has 2 heterocycles. The molecule has 7 heteroatoms. The van der Waals surface area contributed by atoms with E-state index in [1.54, 1.807) is 12.1 Å². The lowest BCUT2D eigenvalue weighted by atomic mass is 9.82. The molecule has 0 radical (unpaired) electrons. The molecule has 0 saturated heterocycles. The highest BCUT2D eigenvalue weighted by Gasteiger charge is 2.27. The number of benzene rings is 1. The molecule has 0 spiro atoms. The maximum atomic E-state index is 13.2. The van der Waals surface area contributed by atoms with Gasteiger partial charge >= 0.3 is 0 Å². The Hall–Kier alpha value is -2.28. The van der Waals surface area contributed by atoms with Gasteiger partial charge < -0.3 is 5.32 Å². The van der Waals surface area contributed by atoms with Gasteiger partial charge in [-0.2, -0.15) is 4.52 Å². The molecule has 0 saturated carbocycles. The lowest BCUT2D eigenvalue weighted by molar-refractivity contribution is 0.347. The summed E-state index contributed by atoms with van der Waals surface area (Å²) in [5, 5.41) is 8.24. The minimum absolute atomic E-state index is 0.0839. The summed E-state index contributed by atoms with van der Waals surface area (Å²) in [7, 11) is 0. The molecule has 5 nitrogen and oxygen atoms in total. The van der Waals surface area contributed by atoms with Crippen LogP contribution in [0.5, 0.6) is 0 Å². The van der Waals surface area contributed by atoms with Gasteiger partial charge in [-0.1, -0.05) is 44.2 Å². The molecule has 1 unspecified atom stereocenters. The van der Waals surface area contributed by atoms with Gasteiger partial charge in [-0.25, -0.2) is 9.37 Å². The molecular weight excluding hydrogens is 315 g/mol. The molecule has 0 fully saturated rings. The van der Waals surface area contributed by atoms with Crippen molar-refractivity contribution in [2.24, 2.45) is 5.41 Å². The van der Waals surface area contributed by atoms with Crippen molar-refractivity contribution < 1.29 is 4.39 Å². The number of rotatable bonds is 3. The first-order valence-electron chi connectivity index (χ1n) is 7.21. The van der Waals surface area contributed by atoms with Gasteiger partial charge in [-0.05, 0) is 23.1 Å². The third kappa shape index (κ3) is 3.24. The van der Waals surface area contributed by atoms with Crippen LogP contribution in [-0.4, -0.2) is 14.6 Å². The van der Waals surface area contributed by atoms with Crippen molar-refractivity contribution in [3.8, 4) is 0 Å². The molecule has 0 aliphatic carbocycles. The Bertz CT molecular complexity index is 879. The Kier molecular flexibility index (Phi) is 3.89. The van der Waals surface area contributed by atoms with Crippen LogP contribution in [0.15, 0.2) is 41.3 Å². The second kappa shape index (κ2) is 5.73. The molecule has 23 heavy (non-hydrogen) atoms. The fraction of sp³-hybridized carbons (Fsp3) is 0.312. The standard InChI is InChI=1S/C16H17FN4OS/c1-16(2,3)13(10-4-6-11(17)7-5-10)19-14-20-21-12(22)8-9-18-15(21)23-14/h4-9,13H,1-3H3,(H,19,20). The van der Waals surface area contributed by atoms with Gasteiger partial charge in [0, 0.05) is 12.3 Å². The third-order valence-corrected chi connectivity index (χ3v) is 4.36. The van der Waals surface area contributed by atoms with E-state index in [-0.39, 0.29) is 22.8 Å². The zero-order chi connectivity index (χ0) is 16.6. The fourth-order valence-corrected chi connectivity index (χ4v) is 3.18. The summed E-state index contributed by atoms with van der Waals surface area (Å²) >= 11 is 1.31.